The Hall–Kier alpha value is -3.05. The molecular weight excluding hydrogens is 389 g/mol. The van der Waals surface area contributed by atoms with Gasteiger partial charge in [-0.25, -0.2) is 4.39 Å². The maximum absolute atomic E-state index is 13.2. The number of amides is 1. The van der Waals surface area contributed by atoms with Crippen LogP contribution in [0, 0.1) is 18.7 Å². The Balaban J connectivity index is 1.53. The van der Waals surface area contributed by atoms with Crippen molar-refractivity contribution >= 4 is 5.91 Å². The van der Waals surface area contributed by atoms with E-state index in [0.29, 0.717) is 5.56 Å². The summed E-state index contributed by atoms with van der Waals surface area (Å²) in [5, 5.41) is 3.27. The number of carbonyl (C=O) groups excluding carboxylic acids is 1. The number of rotatable bonds is 6. The van der Waals surface area contributed by atoms with Gasteiger partial charge < -0.3 is 5.32 Å². The molecule has 0 bridgehead atoms. The number of halogens is 1. The zero-order valence-electron chi connectivity index (χ0n) is 17.8. The Morgan fingerprint density at radius 2 is 1.90 bits per heavy atom. The van der Waals surface area contributed by atoms with Gasteiger partial charge in [-0.2, -0.15) is 0 Å². The van der Waals surface area contributed by atoms with Crippen LogP contribution in [0.2, 0.25) is 0 Å². The van der Waals surface area contributed by atoms with Crippen LogP contribution in [-0.2, 0) is 6.54 Å². The minimum absolute atomic E-state index is 0.0654. The predicted molar refractivity (Wildman–Crippen MR) is 120 cm³/mol. The lowest BCUT2D eigenvalue weighted by molar-refractivity contribution is 0.0874. The smallest absolute Gasteiger partial charge is 0.252 e. The van der Waals surface area contributed by atoms with E-state index in [-0.39, 0.29) is 23.7 Å². The van der Waals surface area contributed by atoms with Gasteiger partial charge in [0.05, 0.1) is 11.7 Å². The molecule has 0 radical (unpaired) electrons. The lowest BCUT2D eigenvalue weighted by Gasteiger charge is -2.37. The number of carbonyl (C=O) groups is 1. The molecule has 4 rings (SSSR count). The van der Waals surface area contributed by atoms with E-state index in [0.717, 1.165) is 49.3 Å². The molecule has 1 aliphatic heterocycles. The molecule has 3 aromatic rings. The summed E-state index contributed by atoms with van der Waals surface area (Å²) in [5.41, 5.74) is 3.64. The molecule has 1 saturated heterocycles. The average molecular weight is 418 g/mol. The van der Waals surface area contributed by atoms with Crippen molar-refractivity contribution in [2.75, 3.05) is 13.1 Å². The molecule has 31 heavy (non-hydrogen) atoms. The fourth-order valence-electron chi connectivity index (χ4n) is 4.39. The molecule has 1 aromatic heterocycles. The normalized spacial score (nSPS) is 17.8. The molecule has 2 heterocycles. The number of benzene rings is 2. The van der Waals surface area contributed by atoms with E-state index >= 15 is 0 Å². The second-order valence-electron chi connectivity index (χ2n) is 8.28. The number of likely N-dealkylation sites (tertiary alicyclic amines) is 1. The van der Waals surface area contributed by atoms with Crippen molar-refractivity contribution in [3.8, 4) is 0 Å². The van der Waals surface area contributed by atoms with Crippen LogP contribution < -0.4 is 5.32 Å². The van der Waals surface area contributed by atoms with Gasteiger partial charge in [0, 0.05) is 24.8 Å². The molecule has 1 N–H and O–H groups in total. The monoisotopic (exact) mass is 417 g/mol. The number of hydrogen-bond acceptors (Lipinski definition) is 3. The summed E-state index contributed by atoms with van der Waals surface area (Å²) in [5.74, 6) is -0.0316. The van der Waals surface area contributed by atoms with Gasteiger partial charge in [-0.15, -0.1) is 0 Å². The topological polar surface area (TPSA) is 45.2 Å². The standard InChI is InChI=1S/C26H28FN3O/c1-19-7-2-3-9-23(19)26(31)29-25(24-10-4-5-15-28-24)21-8-6-16-30(18-21)17-20-11-13-22(27)14-12-20/h2-5,7,9-15,21,25H,6,8,16-18H2,1H3,(H,29,31)/t21-,25+/m1/s1. The van der Waals surface area contributed by atoms with Crippen molar-refractivity contribution in [1.29, 1.82) is 0 Å². The number of aryl methyl sites for hydroxylation is 1. The van der Waals surface area contributed by atoms with Crippen LogP contribution in [0.4, 0.5) is 4.39 Å². The van der Waals surface area contributed by atoms with Gasteiger partial charge in [0.1, 0.15) is 5.82 Å². The summed E-state index contributed by atoms with van der Waals surface area (Å²) in [6.07, 6.45) is 3.85. The second-order valence-corrected chi connectivity index (χ2v) is 8.28. The van der Waals surface area contributed by atoms with E-state index in [1.165, 1.54) is 12.1 Å². The number of pyridine rings is 1. The van der Waals surface area contributed by atoms with Crippen molar-refractivity contribution in [3.63, 3.8) is 0 Å². The minimum Gasteiger partial charge on any atom is -0.343 e. The number of aromatic nitrogens is 1. The van der Waals surface area contributed by atoms with Gasteiger partial charge >= 0.3 is 0 Å². The van der Waals surface area contributed by atoms with Crippen molar-refractivity contribution in [2.45, 2.75) is 32.4 Å². The van der Waals surface area contributed by atoms with Crippen molar-refractivity contribution in [1.82, 2.24) is 15.2 Å². The van der Waals surface area contributed by atoms with Crippen molar-refractivity contribution in [2.24, 2.45) is 5.92 Å². The summed E-state index contributed by atoms with van der Waals surface area (Å²) < 4.78 is 13.2. The molecule has 160 valence electrons. The van der Waals surface area contributed by atoms with Crippen LogP contribution in [0.25, 0.3) is 0 Å². The first-order valence-electron chi connectivity index (χ1n) is 10.8. The lowest BCUT2D eigenvalue weighted by atomic mass is 9.88. The first-order valence-corrected chi connectivity index (χ1v) is 10.8. The Bertz CT molecular complexity index is 1010. The highest BCUT2D eigenvalue weighted by Gasteiger charge is 2.31. The van der Waals surface area contributed by atoms with Gasteiger partial charge in [-0.1, -0.05) is 36.4 Å². The molecule has 5 heteroatoms. The number of nitrogens with zero attached hydrogens (tertiary/aromatic N) is 2. The largest absolute Gasteiger partial charge is 0.343 e. The molecule has 2 aromatic carbocycles. The minimum atomic E-state index is -0.214. The molecule has 1 amide bonds. The van der Waals surface area contributed by atoms with Crippen molar-refractivity contribution in [3.05, 3.63) is 101 Å². The molecule has 0 unspecified atom stereocenters. The van der Waals surface area contributed by atoms with E-state index in [2.05, 4.69) is 15.2 Å². The van der Waals surface area contributed by atoms with E-state index in [1.807, 2.05) is 61.5 Å². The Labute approximate surface area is 183 Å². The third-order valence-electron chi connectivity index (χ3n) is 6.02. The van der Waals surface area contributed by atoms with Crippen LogP contribution in [0.5, 0.6) is 0 Å². The molecule has 2 atom stereocenters. The summed E-state index contributed by atoms with van der Waals surface area (Å²) >= 11 is 0. The lowest BCUT2D eigenvalue weighted by Crippen LogP contribution is -2.43. The summed E-state index contributed by atoms with van der Waals surface area (Å²) in [6, 6.07) is 20.0. The van der Waals surface area contributed by atoms with Gasteiger partial charge in [-0.3, -0.25) is 14.7 Å². The highest BCUT2D eigenvalue weighted by Crippen LogP contribution is 2.30. The first-order chi connectivity index (χ1) is 15.1. The summed E-state index contributed by atoms with van der Waals surface area (Å²) in [7, 11) is 0. The van der Waals surface area contributed by atoms with E-state index < -0.39 is 0 Å². The van der Waals surface area contributed by atoms with Crippen LogP contribution in [-0.4, -0.2) is 28.9 Å². The zero-order valence-corrected chi connectivity index (χ0v) is 17.8. The number of nitrogens with one attached hydrogen (secondary N) is 1. The van der Waals surface area contributed by atoms with Gasteiger partial charge in [0.15, 0.2) is 0 Å². The van der Waals surface area contributed by atoms with Gasteiger partial charge in [0.2, 0.25) is 0 Å². The molecule has 0 aliphatic carbocycles. The SMILES string of the molecule is Cc1ccccc1C(=O)N[C@H](c1ccccn1)[C@@H]1CCCN(Cc2ccc(F)cc2)C1. The Morgan fingerprint density at radius 1 is 1.13 bits per heavy atom. The van der Waals surface area contributed by atoms with Crippen molar-refractivity contribution < 1.29 is 9.18 Å². The van der Waals surface area contributed by atoms with Crippen LogP contribution in [0.1, 0.15) is 46.1 Å². The Kier molecular flexibility index (Phi) is 6.73. The van der Waals surface area contributed by atoms with Gasteiger partial charge in [-0.05, 0) is 73.7 Å². The van der Waals surface area contributed by atoms with Crippen LogP contribution in [0.3, 0.4) is 0 Å². The fourth-order valence-corrected chi connectivity index (χ4v) is 4.39. The van der Waals surface area contributed by atoms with E-state index in [1.54, 1.807) is 6.20 Å². The highest BCUT2D eigenvalue weighted by atomic mass is 19.1. The third kappa shape index (κ3) is 5.36. The average Bonchev–Trinajstić information content (AvgIpc) is 2.80. The van der Waals surface area contributed by atoms with Crippen LogP contribution >= 0.6 is 0 Å². The zero-order chi connectivity index (χ0) is 21.6. The molecule has 4 nitrogen and oxygen atoms in total. The predicted octanol–water partition coefficient (Wildman–Crippen LogP) is 4.91. The molecule has 0 saturated carbocycles. The summed E-state index contributed by atoms with van der Waals surface area (Å²) in [4.78, 5) is 20.1. The molecular formula is C26H28FN3O. The maximum Gasteiger partial charge on any atom is 0.252 e. The Morgan fingerprint density at radius 3 is 2.65 bits per heavy atom. The quantitative estimate of drug-likeness (QED) is 0.620. The highest BCUT2D eigenvalue weighted by molar-refractivity contribution is 5.95. The fraction of sp³-hybridized carbons (Fsp3) is 0.308. The first kappa shape index (κ1) is 21.2. The maximum atomic E-state index is 13.2. The summed E-state index contributed by atoms with van der Waals surface area (Å²) in [6.45, 7) is 4.58. The van der Waals surface area contributed by atoms with Crippen LogP contribution in [0.15, 0.2) is 72.9 Å². The molecule has 1 aliphatic rings. The number of piperidine rings is 1. The van der Waals surface area contributed by atoms with Gasteiger partial charge in [0.25, 0.3) is 5.91 Å². The van der Waals surface area contributed by atoms with E-state index in [4.69, 9.17) is 0 Å². The molecule has 1 fully saturated rings. The molecule has 0 spiro atoms. The second kappa shape index (κ2) is 9.84. The third-order valence-corrected chi connectivity index (χ3v) is 6.02. The van der Waals surface area contributed by atoms with E-state index in [9.17, 15) is 9.18 Å². The number of hydrogen-bond donors (Lipinski definition) is 1.